The van der Waals surface area contributed by atoms with E-state index >= 15 is 0 Å². The fourth-order valence-electron chi connectivity index (χ4n) is 1.25. The predicted octanol–water partition coefficient (Wildman–Crippen LogP) is 0.815. The van der Waals surface area contributed by atoms with Crippen molar-refractivity contribution in [3.63, 3.8) is 0 Å². The lowest BCUT2D eigenvalue weighted by Gasteiger charge is -2.29. The molecule has 0 unspecified atom stereocenters. The van der Waals surface area contributed by atoms with Gasteiger partial charge in [0.1, 0.15) is 5.54 Å². The lowest BCUT2D eigenvalue weighted by molar-refractivity contribution is -0.119. The normalized spacial score (nSPS) is 34.5. The van der Waals surface area contributed by atoms with Crippen molar-refractivity contribution in [1.82, 2.24) is 5.32 Å². The highest BCUT2D eigenvalue weighted by atomic mass is 16.2. The van der Waals surface area contributed by atoms with Crippen LogP contribution in [0.15, 0.2) is 0 Å². The molecule has 0 aliphatic carbocycles. The van der Waals surface area contributed by atoms with Gasteiger partial charge < -0.3 is 5.32 Å². The van der Waals surface area contributed by atoms with Crippen LogP contribution in [-0.2, 0) is 4.79 Å². The van der Waals surface area contributed by atoms with Crippen molar-refractivity contribution in [3.05, 3.63) is 0 Å². The number of amides is 1. The summed E-state index contributed by atoms with van der Waals surface area (Å²) in [5.41, 5.74) is -0.942. The fraction of sp³-hybridized carbons (Fsp3) is 0.750. The van der Waals surface area contributed by atoms with Crippen LogP contribution in [0.4, 0.5) is 0 Å². The van der Waals surface area contributed by atoms with Crippen LogP contribution in [0.1, 0.15) is 27.2 Å². The third kappa shape index (κ3) is 0.988. The van der Waals surface area contributed by atoms with E-state index in [-0.39, 0.29) is 11.3 Å². The molecule has 0 spiro atoms. The number of carbonyl (C=O) groups excluding carboxylic acids is 1. The molecule has 1 aliphatic rings. The zero-order chi connectivity index (χ0) is 8.70. The van der Waals surface area contributed by atoms with Crippen LogP contribution in [0.25, 0.3) is 0 Å². The van der Waals surface area contributed by atoms with Crippen molar-refractivity contribution in [2.45, 2.75) is 32.7 Å². The standard InChI is InChI=1S/C8H12N2O/c1-7(2)4-6(11)10-8(7,3)5-9/h4H2,1-3H3,(H,10,11)/t8-/m0/s1. The second kappa shape index (κ2) is 1.97. The number of rotatable bonds is 0. The van der Waals surface area contributed by atoms with Crippen LogP contribution in [-0.4, -0.2) is 11.4 Å². The van der Waals surface area contributed by atoms with E-state index in [0.29, 0.717) is 6.42 Å². The molecule has 0 aromatic rings. The van der Waals surface area contributed by atoms with E-state index in [0.717, 1.165) is 0 Å². The number of nitriles is 1. The Bertz CT molecular complexity index is 239. The summed E-state index contributed by atoms with van der Waals surface area (Å²) in [6, 6.07) is 2.13. The topological polar surface area (TPSA) is 52.9 Å². The maximum absolute atomic E-state index is 11.0. The average Bonchev–Trinajstić information content (AvgIpc) is 2.03. The monoisotopic (exact) mass is 152 g/mol. The zero-order valence-corrected chi connectivity index (χ0v) is 7.06. The molecule has 0 radical (unpaired) electrons. The molecule has 1 atom stereocenters. The third-order valence-electron chi connectivity index (χ3n) is 2.57. The Morgan fingerprint density at radius 2 is 2.09 bits per heavy atom. The van der Waals surface area contributed by atoms with Gasteiger partial charge in [0.15, 0.2) is 0 Å². The maximum Gasteiger partial charge on any atom is 0.221 e. The van der Waals surface area contributed by atoms with Crippen LogP contribution >= 0.6 is 0 Å². The number of nitrogens with zero attached hydrogens (tertiary/aromatic N) is 1. The van der Waals surface area contributed by atoms with Crippen LogP contribution in [0.5, 0.6) is 0 Å². The molecular formula is C8H12N2O. The molecule has 0 aromatic heterocycles. The van der Waals surface area contributed by atoms with Gasteiger partial charge in [0.2, 0.25) is 5.91 Å². The fourth-order valence-corrected chi connectivity index (χ4v) is 1.25. The largest absolute Gasteiger partial charge is 0.338 e. The minimum absolute atomic E-state index is 0.0287. The summed E-state index contributed by atoms with van der Waals surface area (Å²) >= 11 is 0. The smallest absolute Gasteiger partial charge is 0.221 e. The Labute approximate surface area is 66.4 Å². The van der Waals surface area contributed by atoms with Crippen molar-refractivity contribution in [2.75, 3.05) is 0 Å². The number of hydrogen-bond acceptors (Lipinski definition) is 2. The van der Waals surface area contributed by atoms with Gasteiger partial charge in [0.25, 0.3) is 0 Å². The highest BCUT2D eigenvalue weighted by Gasteiger charge is 2.49. The number of hydrogen-bond donors (Lipinski definition) is 1. The Morgan fingerprint density at radius 1 is 1.55 bits per heavy atom. The SMILES string of the molecule is CC1(C)CC(=O)N[C@@]1(C)C#N. The van der Waals surface area contributed by atoms with E-state index in [1.807, 2.05) is 13.8 Å². The molecule has 0 saturated carbocycles. The zero-order valence-electron chi connectivity index (χ0n) is 7.06. The Hall–Kier alpha value is -1.04. The first-order valence-electron chi connectivity index (χ1n) is 3.63. The molecule has 3 nitrogen and oxygen atoms in total. The van der Waals surface area contributed by atoms with Gasteiger partial charge in [0, 0.05) is 11.8 Å². The predicted molar refractivity (Wildman–Crippen MR) is 40.6 cm³/mol. The molecule has 3 heteroatoms. The van der Waals surface area contributed by atoms with Crippen LogP contribution in [0, 0.1) is 16.7 Å². The first kappa shape index (κ1) is 8.06. The lowest BCUT2D eigenvalue weighted by Crippen LogP contribution is -2.45. The van der Waals surface area contributed by atoms with Gasteiger partial charge in [-0.15, -0.1) is 0 Å². The summed E-state index contributed by atoms with van der Waals surface area (Å²) in [7, 11) is 0. The Balaban J connectivity index is 3.01. The van der Waals surface area contributed by atoms with E-state index < -0.39 is 5.54 Å². The summed E-state index contributed by atoms with van der Waals surface area (Å²) in [4.78, 5) is 11.0. The van der Waals surface area contributed by atoms with Crippen molar-refractivity contribution in [3.8, 4) is 6.07 Å². The first-order chi connectivity index (χ1) is 4.91. The van der Waals surface area contributed by atoms with Crippen LogP contribution in [0.2, 0.25) is 0 Å². The number of nitrogens with one attached hydrogen (secondary N) is 1. The minimum atomic E-state index is -0.690. The van der Waals surface area contributed by atoms with Gasteiger partial charge in [-0.25, -0.2) is 0 Å². The van der Waals surface area contributed by atoms with Crippen molar-refractivity contribution in [1.29, 1.82) is 5.26 Å². The third-order valence-corrected chi connectivity index (χ3v) is 2.57. The lowest BCUT2D eigenvalue weighted by atomic mass is 9.75. The van der Waals surface area contributed by atoms with Gasteiger partial charge in [-0.3, -0.25) is 4.79 Å². The second-order valence-corrected chi connectivity index (χ2v) is 3.85. The van der Waals surface area contributed by atoms with Gasteiger partial charge in [0.05, 0.1) is 6.07 Å². The van der Waals surface area contributed by atoms with Crippen LogP contribution < -0.4 is 5.32 Å². The number of carbonyl (C=O) groups is 1. The van der Waals surface area contributed by atoms with Crippen molar-refractivity contribution >= 4 is 5.91 Å². The summed E-state index contributed by atoms with van der Waals surface area (Å²) in [6.07, 6.45) is 0.442. The summed E-state index contributed by atoms with van der Waals surface area (Å²) in [5, 5.41) is 11.5. The quantitative estimate of drug-likeness (QED) is 0.558. The molecule has 60 valence electrons. The van der Waals surface area contributed by atoms with E-state index in [1.165, 1.54) is 0 Å². The van der Waals surface area contributed by atoms with E-state index in [1.54, 1.807) is 6.92 Å². The highest BCUT2D eigenvalue weighted by Crippen LogP contribution is 2.38. The van der Waals surface area contributed by atoms with E-state index in [9.17, 15) is 4.79 Å². The molecule has 11 heavy (non-hydrogen) atoms. The first-order valence-corrected chi connectivity index (χ1v) is 3.63. The summed E-state index contributed by atoms with van der Waals surface area (Å²) in [5.74, 6) is -0.0287. The van der Waals surface area contributed by atoms with Gasteiger partial charge in [-0.05, 0) is 6.92 Å². The highest BCUT2D eigenvalue weighted by molar-refractivity contribution is 5.81. The minimum Gasteiger partial charge on any atom is -0.338 e. The molecule has 1 heterocycles. The molecular weight excluding hydrogens is 140 g/mol. The van der Waals surface area contributed by atoms with Gasteiger partial charge in [-0.2, -0.15) is 5.26 Å². The van der Waals surface area contributed by atoms with Gasteiger partial charge in [-0.1, -0.05) is 13.8 Å². The average molecular weight is 152 g/mol. The molecule has 1 amide bonds. The molecule has 1 aliphatic heterocycles. The van der Waals surface area contributed by atoms with Gasteiger partial charge >= 0.3 is 0 Å². The molecule has 1 rings (SSSR count). The maximum atomic E-state index is 11.0. The molecule has 1 N–H and O–H groups in total. The van der Waals surface area contributed by atoms with E-state index in [2.05, 4.69) is 11.4 Å². The molecule has 0 bridgehead atoms. The molecule has 1 saturated heterocycles. The molecule has 0 aromatic carbocycles. The Morgan fingerprint density at radius 3 is 2.27 bits per heavy atom. The van der Waals surface area contributed by atoms with E-state index in [4.69, 9.17) is 5.26 Å². The second-order valence-electron chi connectivity index (χ2n) is 3.85. The summed E-state index contributed by atoms with van der Waals surface area (Å²) < 4.78 is 0. The molecule has 1 fully saturated rings. The van der Waals surface area contributed by atoms with Crippen molar-refractivity contribution < 1.29 is 4.79 Å². The van der Waals surface area contributed by atoms with Crippen molar-refractivity contribution in [2.24, 2.45) is 5.41 Å². The Kier molecular flexibility index (Phi) is 1.45. The summed E-state index contributed by atoms with van der Waals surface area (Å²) in [6.45, 7) is 5.61. The van der Waals surface area contributed by atoms with Crippen LogP contribution in [0.3, 0.4) is 0 Å².